The Morgan fingerprint density at radius 1 is 1.42 bits per heavy atom. The van der Waals surface area contributed by atoms with E-state index < -0.39 is 5.97 Å². The molecule has 0 aromatic carbocycles. The third kappa shape index (κ3) is 4.52. The van der Waals surface area contributed by atoms with E-state index >= 15 is 0 Å². The molecular formula is C17H28O2. The number of allylic oxidation sites excluding steroid dienone is 4. The summed E-state index contributed by atoms with van der Waals surface area (Å²) in [4.78, 5) is 10.9. The number of carboxylic acid groups (broad SMARTS) is 1. The van der Waals surface area contributed by atoms with Crippen molar-refractivity contribution in [2.24, 2.45) is 17.8 Å². The number of carboxylic acids is 1. The fourth-order valence-electron chi connectivity index (χ4n) is 3.02. The van der Waals surface area contributed by atoms with Gasteiger partial charge in [-0.3, -0.25) is 4.79 Å². The molecule has 2 heteroatoms. The van der Waals surface area contributed by atoms with Crippen LogP contribution in [-0.2, 0) is 4.79 Å². The first kappa shape index (κ1) is 16.0. The molecule has 0 aliphatic heterocycles. The Morgan fingerprint density at radius 2 is 2.05 bits per heavy atom. The molecule has 2 nitrogen and oxygen atoms in total. The lowest BCUT2D eigenvalue weighted by atomic mass is 9.87. The summed E-state index contributed by atoms with van der Waals surface area (Å²) in [5, 5.41) is 8.99. The number of rotatable bonds is 6. The summed E-state index contributed by atoms with van der Waals surface area (Å²) >= 11 is 0. The SMILES string of the molecule is CC1=C(CC[C@@H](C)C(=O)O)[C@@H](/C(C)=C/C(C)C)CC1. The maximum Gasteiger partial charge on any atom is 0.306 e. The first-order chi connectivity index (χ1) is 8.82. The van der Waals surface area contributed by atoms with E-state index in [0.717, 1.165) is 12.8 Å². The first-order valence-corrected chi connectivity index (χ1v) is 7.42. The van der Waals surface area contributed by atoms with Gasteiger partial charge in [0.1, 0.15) is 0 Å². The molecule has 0 heterocycles. The zero-order chi connectivity index (χ0) is 14.6. The van der Waals surface area contributed by atoms with Crippen molar-refractivity contribution in [2.45, 2.75) is 60.3 Å². The minimum Gasteiger partial charge on any atom is -0.481 e. The molecule has 0 fully saturated rings. The van der Waals surface area contributed by atoms with Crippen LogP contribution >= 0.6 is 0 Å². The molecule has 0 radical (unpaired) electrons. The van der Waals surface area contributed by atoms with Crippen LogP contribution in [0.1, 0.15) is 60.3 Å². The van der Waals surface area contributed by atoms with Gasteiger partial charge in [0.15, 0.2) is 0 Å². The van der Waals surface area contributed by atoms with Gasteiger partial charge in [-0.15, -0.1) is 0 Å². The molecule has 0 aromatic heterocycles. The van der Waals surface area contributed by atoms with Crippen molar-refractivity contribution >= 4 is 5.97 Å². The van der Waals surface area contributed by atoms with Crippen molar-refractivity contribution in [3.8, 4) is 0 Å². The van der Waals surface area contributed by atoms with Gasteiger partial charge in [0, 0.05) is 5.92 Å². The predicted molar refractivity (Wildman–Crippen MR) is 80.1 cm³/mol. The highest BCUT2D eigenvalue weighted by Crippen LogP contribution is 2.39. The van der Waals surface area contributed by atoms with Crippen LogP contribution in [-0.4, -0.2) is 11.1 Å². The van der Waals surface area contributed by atoms with Gasteiger partial charge >= 0.3 is 5.97 Å². The smallest absolute Gasteiger partial charge is 0.306 e. The minimum atomic E-state index is -0.678. The molecule has 0 saturated heterocycles. The van der Waals surface area contributed by atoms with Gasteiger partial charge in [0.25, 0.3) is 0 Å². The molecule has 0 unspecified atom stereocenters. The second-order valence-electron chi connectivity index (χ2n) is 6.33. The van der Waals surface area contributed by atoms with Crippen LogP contribution < -0.4 is 0 Å². The first-order valence-electron chi connectivity index (χ1n) is 7.42. The second kappa shape index (κ2) is 6.93. The third-order valence-corrected chi connectivity index (χ3v) is 4.19. The van der Waals surface area contributed by atoms with Gasteiger partial charge in [-0.05, 0) is 45.4 Å². The molecule has 0 spiro atoms. The van der Waals surface area contributed by atoms with E-state index in [-0.39, 0.29) is 5.92 Å². The molecule has 1 aliphatic carbocycles. The van der Waals surface area contributed by atoms with Gasteiger partial charge in [-0.2, -0.15) is 0 Å². The van der Waals surface area contributed by atoms with Gasteiger partial charge in [0.2, 0.25) is 0 Å². The lowest BCUT2D eigenvalue weighted by molar-refractivity contribution is -0.141. The van der Waals surface area contributed by atoms with Crippen LogP contribution in [0.4, 0.5) is 0 Å². The molecule has 19 heavy (non-hydrogen) atoms. The highest BCUT2D eigenvalue weighted by atomic mass is 16.4. The molecule has 0 bridgehead atoms. The number of hydrogen-bond acceptors (Lipinski definition) is 1. The van der Waals surface area contributed by atoms with Crippen molar-refractivity contribution in [3.05, 3.63) is 22.8 Å². The minimum absolute atomic E-state index is 0.240. The van der Waals surface area contributed by atoms with Crippen LogP contribution in [0.5, 0.6) is 0 Å². The predicted octanol–water partition coefficient (Wildman–Crippen LogP) is 4.82. The largest absolute Gasteiger partial charge is 0.481 e. The van der Waals surface area contributed by atoms with Gasteiger partial charge in [0.05, 0.1) is 5.92 Å². The Bertz CT molecular complexity index is 388. The second-order valence-corrected chi connectivity index (χ2v) is 6.33. The Morgan fingerprint density at radius 3 is 2.58 bits per heavy atom. The highest BCUT2D eigenvalue weighted by Gasteiger charge is 2.25. The molecule has 108 valence electrons. The van der Waals surface area contributed by atoms with E-state index in [1.165, 1.54) is 29.6 Å². The zero-order valence-corrected chi connectivity index (χ0v) is 13.0. The monoisotopic (exact) mass is 264 g/mol. The molecule has 1 aliphatic rings. The van der Waals surface area contributed by atoms with Gasteiger partial charge < -0.3 is 5.11 Å². The van der Waals surface area contributed by atoms with E-state index in [4.69, 9.17) is 5.11 Å². The van der Waals surface area contributed by atoms with Crippen LogP contribution in [0.15, 0.2) is 22.8 Å². The maximum absolute atomic E-state index is 10.9. The van der Waals surface area contributed by atoms with E-state index in [2.05, 4.69) is 33.8 Å². The normalized spacial score (nSPS) is 22.2. The topological polar surface area (TPSA) is 37.3 Å². The molecule has 1 rings (SSSR count). The number of hydrogen-bond donors (Lipinski definition) is 1. The molecule has 0 saturated carbocycles. The summed E-state index contributed by atoms with van der Waals surface area (Å²) in [6.45, 7) is 10.7. The average Bonchev–Trinajstić information content (AvgIpc) is 2.66. The molecular weight excluding hydrogens is 236 g/mol. The van der Waals surface area contributed by atoms with Crippen LogP contribution in [0.25, 0.3) is 0 Å². The quantitative estimate of drug-likeness (QED) is 0.699. The lowest BCUT2D eigenvalue weighted by Gasteiger charge is -2.18. The molecule has 0 aromatic rings. The standard InChI is InChI=1S/C17H28O2/c1-11(2)10-14(5)16-8-6-12(3)15(16)9-7-13(4)17(18)19/h10-11,13,16H,6-9H2,1-5H3,(H,18,19)/b14-10+/t13-,16-/m1/s1. The molecule has 1 N–H and O–H groups in total. The Kier molecular flexibility index (Phi) is 5.84. The van der Waals surface area contributed by atoms with Crippen molar-refractivity contribution in [1.29, 1.82) is 0 Å². The van der Waals surface area contributed by atoms with E-state index in [1.807, 2.05) is 0 Å². The summed E-state index contributed by atoms with van der Waals surface area (Å²) in [6, 6.07) is 0. The summed E-state index contributed by atoms with van der Waals surface area (Å²) < 4.78 is 0. The summed E-state index contributed by atoms with van der Waals surface area (Å²) in [5.74, 6) is 0.224. The highest BCUT2D eigenvalue weighted by molar-refractivity contribution is 5.69. The number of carbonyl (C=O) groups is 1. The zero-order valence-electron chi connectivity index (χ0n) is 13.0. The van der Waals surface area contributed by atoms with E-state index in [0.29, 0.717) is 11.8 Å². The van der Waals surface area contributed by atoms with Crippen molar-refractivity contribution in [3.63, 3.8) is 0 Å². The Hall–Kier alpha value is -1.05. The van der Waals surface area contributed by atoms with Crippen LogP contribution in [0.3, 0.4) is 0 Å². The van der Waals surface area contributed by atoms with E-state index in [1.54, 1.807) is 6.92 Å². The van der Waals surface area contributed by atoms with Crippen LogP contribution in [0, 0.1) is 17.8 Å². The van der Waals surface area contributed by atoms with Crippen LogP contribution in [0.2, 0.25) is 0 Å². The van der Waals surface area contributed by atoms with Gasteiger partial charge in [-0.25, -0.2) is 0 Å². The fraction of sp³-hybridized carbons (Fsp3) is 0.706. The summed E-state index contributed by atoms with van der Waals surface area (Å²) in [7, 11) is 0. The van der Waals surface area contributed by atoms with Gasteiger partial charge in [-0.1, -0.05) is 43.6 Å². The van der Waals surface area contributed by atoms with Crippen molar-refractivity contribution in [2.75, 3.05) is 0 Å². The van der Waals surface area contributed by atoms with Crippen molar-refractivity contribution in [1.82, 2.24) is 0 Å². The number of aliphatic carboxylic acids is 1. The Balaban J connectivity index is 2.73. The lowest BCUT2D eigenvalue weighted by Crippen LogP contribution is -2.11. The fourth-order valence-corrected chi connectivity index (χ4v) is 3.02. The molecule has 2 atom stereocenters. The summed E-state index contributed by atoms with van der Waals surface area (Å²) in [6.07, 6.45) is 6.42. The van der Waals surface area contributed by atoms with E-state index in [9.17, 15) is 4.79 Å². The summed E-state index contributed by atoms with van der Waals surface area (Å²) in [5.41, 5.74) is 4.45. The maximum atomic E-state index is 10.9. The molecule has 0 amide bonds. The average molecular weight is 264 g/mol. The van der Waals surface area contributed by atoms with Crippen molar-refractivity contribution < 1.29 is 9.90 Å². The Labute approximate surface area is 117 Å². The third-order valence-electron chi connectivity index (χ3n) is 4.19.